The van der Waals surface area contributed by atoms with Crippen molar-refractivity contribution >= 4 is 5.91 Å². The van der Waals surface area contributed by atoms with Gasteiger partial charge in [0, 0.05) is 24.8 Å². The molecule has 3 N–H and O–H groups in total. The van der Waals surface area contributed by atoms with Crippen molar-refractivity contribution in [1.82, 2.24) is 14.9 Å². The molecule has 0 unspecified atom stereocenters. The van der Waals surface area contributed by atoms with Crippen LogP contribution in [-0.2, 0) is 11.2 Å². The van der Waals surface area contributed by atoms with E-state index < -0.39 is 16.9 Å². The number of H-pyrrole nitrogens is 2. The molecule has 7 nitrogen and oxygen atoms in total. The van der Waals surface area contributed by atoms with Gasteiger partial charge in [0.05, 0.1) is 12.0 Å². The molecule has 0 saturated carbocycles. The third-order valence-electron chi connectivity index (χ3n) is 3.35. The molecule has 1 amide bonds. The number of aromatic amines is 2. The Kier molecular flexibility index (Phi) is 3.57. The van der Waals surface area contributed by atoms with Crippen molar-refractivity contribution in [2.75, 3.05) is 13.1 Å². The highest BCUT2D eigenvalue weighted by atomic mass is 16.3. The van der Waals surface area contributed by atoms with Gasteiger partial charge in [0.2, 0.25) is 5.91 Å². The Morgan fingerprint density at radius 3 is 2.58 bits per heavy atom. The van der Waals surface area contributed by atoms with E-state index in [-0.39, 0.29) is 12.3 Å². The summed E-state index contributed by atoms with van der Waals surface area (Å²) in [7, 11) is 0. The number of aliphatic hydroxyl groups is 1. The van der Waals surface area contributed by atoms with Gasteiger partial charge in [-0.05, 0) is 19.8 Å². The van der Waals surface area contributed by atoms with E-state index in [1.807, 2.05) is 4.98 Å². The summed E-state index contributed by atoms with van der Waals surface area (Å²) in [5.74, 6) is -0.156. The molecule has 0 aliphatic carbocycles. The lowest BCUT2D eigenvalue weighted by molar-refractivity contribution is -0.134. The molecule has 2 heterocycles. The van der Waals surface area contributed by atoms with Crippen LogP contribution < -0.4 is 11.2 Å². The van der Waals surface area contributed by atoms with E-state index in [4.69, 9.17) is 0 Å². The van der Waals surface area contributed by atoms with Crippen LogP contribution in [0.1, 0.15) is 25.5 Å². The highest BCUT2D eigenvalue weighted by Crippen LogP contribution is 2.21. The number of likely N-dealkylation sites (tertiary alicyclic amines) is 1. The first-order valence-corrected chi connectivity index (χ1v) is 6.18. The third kappa shape index (κ3) is 3.54. The Hall–Kier alpha value is -1.89. The van der Waals surface area contributed by atoms with Crippen LogP contribution in [-0.4, -0.2) is 44.6 Å². The lowest BCUT2D eigenvalue weighted by atomic mass is 9.93. The summed E-state index contributed by atoms with van der Waals surface area (Å²) in [5.41, 5.74) is -1.55. The van der Waals surface area contributed by atoms with Crippen molar-refractivity contribution < 1.29 is 9.90 Å². The summed E-state index contributed by atoms with van der Waals surface area (Å²) in [6.07, 6.45) is 1.05. The molecule has 1 aromatic heterocycles. The van der Waals surface area contributed by atoms with Crippen molar-refractivity contribution in [1.29, 1.82) is 0 Å². The highest BCUT2D eigenvalue weighted by molar-refractivity contribution is 5.78. The van der Waals surface area contributed by atoms with Crippen LogP contribution in [0.3, 0.4) is 0 Å². The maximum atomic E-state index is 12.0. The molecular weight excluding hydrogens is 250 g/mol. The summed E-state index contributed by atoms with van der Waals surface area (Å²) in [4.78, 5) is 40.3. The number of nitrogens with one attached hydrogen (secondary N) is 2. The van der Waals surface area contributed by atoms with Gasteiger partial charge in [0.25, 0.3) is 5.56 Å². The van der Waals surface area contributed by atoms with Gasteiger partial charge >= 0.3 is 5.69 Å². The second-order valence-corrected chi connectivity index (χ2v) is 5.17. The standard InChI is InChI=1S/C12H17N3O4/c1-12(19)2-4-15(5-3-12)10(17)7-8-6-9(16)14-11(18)13-8/h6,19H,2-5,7H2,1H3,(H2,13,14,16,18). The molecule has 2 rings (SSSR count). The molecule has 1 aliphatic rings. The van der Waals surface area contributed by atoms with E-state index in [9.17, 15) is 19.5 Å². The minimum absolute atomic E-state index is 0.0126. The number of aromatic nitrogens is 2. The van der Waals surface area contributed by atoms with Crippen molar-refractivity contribution in [3.63, 3.8) is 0 Å². The number of piperidine rings is 1. The first kappa shape index (κ1) is 13.5. The van der Waals surface area contributed by atoms with Gasteiger partial charge in [0.15, 0.2) is 0 Å². The molecule has 0 atom stereocenters. The van der Waals surface area contributed by atoms with Crippen LogP contribution in [0.15, 0.2) is 15.7 Å². The lowest BCUT2D eigenvalue weighted by Gasteiger charge is -2.35. The van der Waals surface area contributed by atoms with Crippen LogP contribution in [0, 0.1) is 0 Å². The fourth-order valence-electron chi connectivity index (χ4n) is 2.13. The predicted molar refractivity (Wildman–Crippen MR) is 67.8 cm³/mol. The van der Waals surface area contributed by atoms with Crippen molar-refractivity contribution in [3.05, 3.63) is 32.6 Å². The van der Waals surface area contributed by atoms with Crippen molar-refractivity contribution in [3.8, 4) is 0 Å². The molecular formula is C12H17N3O4. The van der Waals surface area contributed by atoms with Gasteiger partial charge in [-0.3, -0.25) is 14.6 Å². The molecule has 0 bridgehead atoms. The Morgan fingerprint density at radius 1 is 1.37 bits per heavy atom. The summed E-state index contributed by atoms with van der Waals surface area (Å²) >= 11 is 0. The normalized spacial score (nSPS) is 18.3. The first-order valence-electron chi connectivity index (χ1n) is 6.18. The summed E-state index contributed by atoms with van der Waals surface area (Å²) in [5, 5.41) is 9.81. The van der Waals surface area contributed by atoms with Crippen molar-refractivity contribution in [2.45, 2.75) is 31.8 Å². The largest absolute Gasteiger partial charge is 0.390 e. The Morgan fingerprint density at radius 2 is 2.00 bits per heavy atom. The van der Waals surface area contributed by atoms with Crippen molar-refractivity contribution in [2.24, 2.45) is 0 Å². The molecule has 1 fully saturated rings. The number of rotatable bonds is 2. The monoisotopic (exact) mass is 267 g/mol. The van der Waals surface area contributed by atoms with Crippen LogP contribution >= 0.6 is 0 Å². The van der Waals surface area contributed by atoms with Gasteiger partial charge < -0.3 is 15.0 Å². The smallest absolute Gasteiger partial charge is 0.325 e. The second-order valence-electron chi connectivity index (χ2n) is 5.17. The molecule has 104 valence electrons. The zero-order chi connectivity index (χ0) is 14.0. The zero-order valence-corrected chi connectivity index (χ0v) is 10.7. The average Bonchev–Trinajstić information content (AvgIpc) is 2.26. The maximum absolute atomic E-state index is 12.0. The first-order chi connectivity index (χ1) is 8.85. The quantitative estimate of drug-likeness (QED) is 0.637. The van der Waals surface area contributed by atoms with E-state index in [1.54, 1.807) is 11.8 Å². The Labute approximate surface area is 109 Å². The zero-order valence-electron chi connectivity index (χ0n) is 10.7. The summed E-state index contributed by atoms with van der Waals surface area (Å²) in [6, 6.07) is 1.21. The van der Waals surface area contributed by atoms with E-state index in [2.05, 4.69) is 4.98 Å². The third-order valence-corrected chi connectivity index (χ3v) is 3.35. The van der Waals surface area contributed by atoms with E-state index in [0.717, 1.165) is 0 Å². The van der Waals surface area contributed by atoms with Crippen LogP contribution in [0.25, 0.3) is 0 Å². The average molecular weight is 267 g/mol. The number of amides is 1. The van der Waals surface area contributed by atoms with Gasteiger partial charge in [-0.25, -0.2) is 4.79 Å². The summed E-state index contributed by atoms with van der Waals surface area (Å²) < 4.78 is 0. The number of carbonyl (C=O) groups excluding carboxylic acids is 1. The number of hydrogen-bond donors (Lipinski definition) is 3. The molecule has 1 saturated heterocycles. The van der Waals surface area contributed by atoms with E-state index in [0.29, 0.717) is 31.6 Å². The van der Waals surface area contributed by atoms with Crippen LogP contribution in [0.5, 0.6) is 0 Å². The minimum Gasteiger partial charge on any atom is -0.390 e. The minimum atomic E-state index is -0.713. The number of nitrogens with zero attached hydrogens (tertiary/aromatic N) is 1. The molecule has 19 heavy (non-hydrogen) atoms. The van der Waals surface area contributed by atoms with Gasteiger partial charge in [-0.1, -0.05) is 0 Å². The predicted octanol–water partition coefficient (Wildman–Crippen LogP) is -1.02. The summed E-state index contributed by atoms with van der Waals surface area (Å²) in [6.45, 7) is 2.72. The van der Waals surface area contributed by atoms with Crippen LogP contribution in [0.2, 0.25) is 0 Å². The Balaban J connectivity index is 2.02. The Bertz CT molecular complexity index is 549. The van der Waals surface area contributed by atoms with Gasteiger partial charge in [-0.15, -0.1) is 0 Å². The SMILES string of the molecule is CC1(O)CCN(C(=O)Cc2cc(=O)[nH]c(=O)[nH]2)CC1. The van der Waals surface area contributed by atoms with E-state index >= 15 is 0 Å². The molecule has 7 heteroatoms. The molecule has 0 radical (unpaired) electrons. The van der Waals surface area contributed by atoms with Gasteiger partial charge in [-0.2, -0.15) is 0 Å². The number of hydrogen-bond acceptors (Lipinski definition) is 4. The molecule has 0 aromatic carbocycles. The second kappa shape index (κ2) is 5.00. The molecule has 1 aliphatic heterocycles. The topological polar surface area (TPSA) is 106 Å². The highest BCUT2D eigenvalue weighted by Gasteiger charge is 2.29. The lowest BCUT2D eigenvalue weighted by Crippen LogP contribution is -2.45. The van der Waals surface area contributed by atoms with Crippen LogP contribution in [0.4, 0.5) is 0 Å². The molecule has 0 spiro atoms. The fraction of sp³-hybridized carbons (Fsp3) is 0.583. The van der Waals surface area contributed by atoms with Gasteiger partial charge in [0.1, 0.15) is 0 Å². The number of carbonyl (C=O) groups is 1. The fourth-order valence-corrected chi connectivity index (χ4v) is 2.13. The molecule has 1 aromatic rings. The maximum Gasteiger partial charge on any atom is 0.325 e. The van der Waals surface area contributed by atoms with E-state index in [1.165, 1.54) is 6.07 Å².